The Balaban J connectivity index is 1.73. The van der Waals surface area contributed by atoms with Crippen LogP contribution in [-0.4, -0.2) is 4.98 Å². The quantitative estimate of drug-likeness (QED) is 0.734. The predicted octanol–water partition coefficient (Wildman–Crippen LogP) is 5.20. The highest BCUT2D eigenvalue weighted by molar-refractivity contribution is 5.71. The van der Waals surface area contributed by atoms with Gasteiger partial charge < -0.3 is 0 Å². The maximum atomic E-state index is 4.94. The fraction of sp³-hybridized carbons (Fsp3) is 0.350. The Bertz CT molecular complexity index is 697. The minimum Gasteiger partial charge on any atom is -0.248 e. The maximum absolute atomic E-state index is 4.94. The van der Waals surface area contributed by atoms with Crippen molar-refractivity contribution >= 4 is 5.57 Å². The van der Waals surface area contributed by atoms with E-state index in [2.05, 4.69) is 62.4 Å². The molecule has 1 saturated carbocycles. The van der Waals surface area contributed by atoms with Crippen molar-refractivity contribution in [3.63, 3.8) is 0 Å². The first-order chi connectivity index (χ1) is 10.2. The zero-order valence-electron chi connectivity index (χ0n) is 12.7. The lowest BCUT2D eigenvalue weighted by Crippen LogP contribution is -2.47. The standard InChI is InChI=1S/C20H21N/c1-20(2)15-11-12-16(17(20)13-15)19-10-6-9-18(21-19)14-7-4-3-5-8-14/h3-10,12,15,17H,11,13H2,1-2H3. The van der Waals surface area contributed by atoms with Crippen LogP contribution in [0.5, 0.6) is 0 Å². The molecule has 1 heterocycles. The number of pyridine rings is 1. The molecule has 3 aliphatic rings. The van der Waals surface area contributed by atoms with Crippen LogP contribution in [0.4, 0.5) is 0 Å². The third-order valence-corrected chi connectivity index (χ3v) is 5.58. The van der Waals surface area contributed by atoms with Crippen LogP contribution < -0.4 is 0 Å². The van der Waals surface area contributed by atoms with Crippen LogP contribution in [0.3, 0.4) is 0 Å². The van der Waals surface area contributed by atoms with Gasteiger partial charge in [0.05, 0.1) is 11.4 Å². The van der Waals surface area contributed by atoms with E-state index in [0.29, 0.717) is 11.3 Å². The monoisotopic (exact) mass is 275 g/mol. The number of fused-ring (bicyclic) bond motifs is 1. The molecule has 2 aromatic rings. The minimum absolute atomic E-state index is 0.453. The van der Waals surface area contributed by atoms with Gasteiger partial charge in [-0.1, -0.05) is 56.3 Å². The normalized spacial score (nSPS) is 25.9. The van der Waals surface area contributed by atoms with E-state index in [4.69, 9.17) is 4.98 Å². The van der Waals surface area contributed by atoms with Crippen molar-refractivity contribution in [3.8, 4) is 11.3 Å². The molecular weight excluding hydrogens is 254 g/mol. The van der Waals surface area contributed by atoms with E-state index in [0.717, 1.165) is 11.6 Å². The molecule has 0 spiro atoms. The van der Waals surface area contributed by atoms with Crippen molar-refractivity contribution in [2.45, 2.75) is 26.7 Å². The molecule has 1 nitrogen and oxygen atoms in total. The predicted molar refractivity (Wildman–Crippen MR) is 87.6 cm³/mol. The fourth-order valence-corrected chi connectivity index (χ4v) is 4.00. The first-order valence-corrected chi connectivity index (χ1v) is 7.89. The smallest absolute Gasteiger partial charge is 0.0709 e. The van der Waals surface area contributed by atoms with Gasteiger partial charge in [0.25, 0.3) is 0 Å². The molecule has 0 aliphatic heterocycles. The number of benzene rings is 1. The first-order valence-electron chi connectivity index (χ1n) is 7.89. The van der Waals surface area contributed by atoms with E-state index < -0.39 is 0 Å². The van der Waals surface area contributed by atoms with Gasteiger partial charge in [-0.15, -0.1) is 0 Å². The number of allylic oxidation sites excluding steroid dienone is 2. The molecule has 5 rings (SSSR count). The van der Waals surface area contributed by atoms with Gasteiger partial charge in [0, 0.05) is 5.56 Å². The molecule has 0 N–H and O–H groups in total. The van der Waals surface area contributed by atoms with Gasteiger partial charge in [-0.25, -0.2) is 4.98 Å². The van der Waals surface area contributed by atoms with Crippen molar-refractivity contribution in [2.75, 3.05) is 0 Å². The van der Waals surface area contributed by atoms with Gasteiger partial charge in [-0.05, 0) is 47.8 Å². The summed E-state index contributed by atoms with van der Waals surface area (Å²) < 4.78 is 0. The zero-order chi connectivity index (χ0) is 14.4. The zero-order valence-corrected chi connectivity index (χ0v) is 12.7. The largest absolute Gasteiger partial charge is 0.248 e. The van der Waals surface area contributed by atoms with E-state index in [9.17, 15) is 0 Å². The lowest BCUT2D eigenvalue weighted by Gasteiger charge is -2.56. The number of rotatable bonds is 2. The van der Waals surface area contributed by atoms with Crippen LogP contribution in [0.15, 0.2) is 54.6 Å². The second-order valence-corrected chi connectivity index (χ2v) is 6.98. The molecule has 106 valence electrons. The van der Waals surface area contributed by atoms with Gasteiger partial charge in [0.15, 0.2) is 0 Å². The van der Waals surface area contributed by atoms with Crippen molar-refractivity contribution in [1.82, 2.24) is 4.98 Å². The summed E-state index contributed by atoms with van der Waals surface area (Å²) >= 11 is 0. The Kier molecular flexibility index (Phi) is 2.78. The second-order valence-electron chi connectivity index (χ2n) is 6.98. The van der Waals surface area contributed by atoms with E-state index in [1.807, 2.05) is 6.07 Å². The average molecular weight is 275 g/mol. The summed E-state index contributed by atoms with van der Waals surface area (Å²) in [6, 6.07) is 16.9. The Labute approximate surface area is 126 Å². The molecule has 1 aromatic heterocycles. The SMILES string of the molecule is CC1(C)C2CC=C(c3cccc(-c4ccccc4)n3)C1C2. The molecule has 0 radical (unpaired) electrons. The summed E-state index contributed by atoms with van der Waals surface area (Å²) in [7, 11) is 0. The van der Waals surface area contributed by atoms with Crippen LogP contribution in [0.1, 0.15) is 32.4 Å². The summed E-state index contributed by atoms with van der Waals surface area (Å²) in [5.74, 6) is 1.57. The molecule has 1 aromatic carbocycles. The molecule has 1 fully saturated rings. The molecular formula is C20H21N. The van der Waals surface area contributed by atoms with Crippen LogP contribution in [0.25, 0.3) is 16.8 Å². The third kappa shape index (κ3) is 1.95. The summed E-state index contributed by atoms with van der Waals surface area (Å²) in [6.45, 7) is 4.83. The number of hydrogen-bond acceptors (Lipinski definition) is 1. The molecule has 1 heteroatoms. The number of aromatic nitrogens is 1. The molecule has 0 saturated heterocycles. The van der Waals surface area contributed by atoms with Crippen molar-refractivity contribution in [2.24, 2.45) is 17.3 Å². The Hall–Kier alpha value is -1.89. The lowest BCUT2D eigenvalue weighted by atomic mass is 9.48. The fourth-order valence-electron chi connectivity index (χ4n) is 4.00. The highest BCUT2D eigenvalue weighted by Gasteiger charge is 2.51. The third-order valence-electron chi connectivity index (χ3n) is 5.58. The van der Waals surface area contributed by atoms with Gasteiger partial charge >= 0.3 is 0 Å². The number of hydrogen-bond donors (Lipinski definition) is 0. The van der Waals surface area contributed by atoms with Crippen molar-refractivity contribution in [3.05, 3.63) is 60.3 Å². The Morgan fingerprint density at radius 3 is 2.43 bits per heavy atom. The topological polar surface area (TPSA) is 12.9 Å². The van der Waals surface area contributed by atoms with E-state index >= 15 is 0 Å². The van der Waals surface area contributed by atoms with Crippen LogP contribution in [0, 0.1) is 17.3 Å². The summed E-state index contributed by atoms with van der Waals surface area (Å²) in [5, 5.41) is 0. The Morgan fingerprint density at radius 1 is 0.952 bits per heavy atom. The van der Waals surface area contributed by atoms with Crippen LogP contribution in [-0.2, 0) is 0 Å². The van der Waals surface area contributed by atoms with Gasteiger partial charge in [-0.3, -0.25) is 0 Å². The van der Waals surface area contributed by atoms with Gasteiger partial charge in [0.2, 0.25) is 0 Å². The van der Waals surface area contributed by atoms with Crippen LogP contribution >= 0.6 is 0 Å². The van der Waals surface area contributed by atoms with Gasteiger partial charge in [-0.2, -0.15) is 0 Å². The first kappa shape index (κ1) is 12.8. The molecule has 0 amide bonds. The maximum Gasteiger partial charge on any atom is 0.0709 e. The molecule has 21 heavy (non-hydrogen) atoms. The lowest BCUT2D eigenvalue weighted by molar-refractivity contribution is 0.0111. The van der Waals surface area contributed by atoms with Crippen molar-refractivity contribution < 1.29 is 0 Å². The molecule has 2 atom stereocenters. The highest BCUT2D eigenvalue weighted by Crippen LogP contribution is 2.61. The summed E-state index contributed by atoms with van der Waals surface area (Å²) in [5.41, 5.74) is 5.37. The van der Waals surface area contributed by atoms with Crippen LogP contribution in [0.2, 0.25) is 0 Å². The van der Waals surface area contributed by atoms with E-state index in [1.165, 1.54) is 29.7 Å². The average Bonchev–Trinajstić information content (AvgIpc) is 2.55. The Morgan fingerprint density at radius 2 is 1.71 bits per heavy atom. The van der Waals surface area contributed by atoms with Crippen molar-refractivity contribution in [1.29, 1.82) is 0 Å². The molecule has 2 unspecified atom stereocenters. The molecule has 2 bridgehead atoms. The molecule has 3 aliphatic carbocycles. The highest BCUT2D eigenvalue weighted by atomic mass is 14.7. The number of nitrogens with zero attached hydrogens (tertiary/aromatic N) is 1. The van der Waals surface area contributed by atoms with E-state index in [-0.39, 0.29) is 0 Å². The van der Waals surface area contributed by atoms with Gasteiger partial charge in [0.1, 0.15) is 0 Å². The minimum atomic E-state index is 0.453. The summed E-state index contributed by atoms with van der Waals surface area (Å²) in [4.78, 5) is 4.94. The van der Waals surface area contributed by atoms with E-state index in [1.54, 1.807) is 0 Å². The second kappa shape index (κ2) is 4.56. The summed E-state index contributed by atoms with van der Waals surface area (Å²) in [6.07, 6.45) is 4.99.